The first-order chi connectivity index (χ1) is 11.6. The van der Waals surface area contributed by atoms with E-state index in [0.717, 1.165) is 0 Å². The SMILES string of the molecule is CC(CC(=O)NCc1ccco1)=NNC(=O)COc1ccccc1. The molecule has 0 fully saturated rings. The van der Waals surface area contributed by atoms with Gasteiger partial charge in [-0.3, -0.25) is 9.59 Å². The van der Waals surface area contributed by atoms with E-state index < -0.39 is 5.91 Å². The number of amides is 2. The fraction of sp³-hybridized carbons (Fsp3) is 0.235. The van der Waals surface area contributed by atoms with Crippen molar-refractivity contribution >= 4 is 17.5 Å². The molecule has 0 aliphatic carbocycles. The zero-order valence-corrected chi connectivity index (χ0v) is 13.3. The van der Waals surface area contributed by atoms with Crippen molar-refractivity contribution in [2.24, 2.45) is 5.10 Å². The molecule has 1 heterocycles. The fourth-order valence-corrected chi connectivity index (χ4v) is 1.79. The van der Waals surface area contributed by atoms with Gasteiger partial charge in [-0.1, -0.05) is 18.2 Å². The van der Waals surface area contributed by atoms with Crippen LogP contribution in [0.25, 0.3) is 0 Å². The van der Waals surface area contributed by atoms with Crippen molar-refractivity contribution in [3.8, 4) is 5.75 Å². The average molecular weight is 329 g/mol. The normalized spacial score (nSPS) is 11.0. The van der Waals surface area contributed by atoms with E-state index in [2.05, 4.69) is 15.8 Å². The number of hydrogen-bond donors (Lipinski definition) is 2. The van der Waals surface area contributed by atoms with Crippen LogP contribution in [0.4, 0.5) is 0 Å². The summed E-state index contributed by atoms with van der Waals surface area (Å²) in [5.41, 5.74) is 2.84. The lowest BCUT2D eigenvalue weighted by Gasteiger charge is -2.06. The van der Waals surface area contributed by atoms with E-state index >= 15 is 0 Å². The smallest absolute Gasteiger partial charge is 0.277 e. The lowest BCUT2D eigenvalue weighted by molar-refractivity contribution is -0.123. The van der Waals surface area contributed by atoms with Crippen LogP contribution in [0.3, 0.4) is 0 Å². The van der Waals surface area contributed by atoms with Crippen LogP contribution in [0.15, 0.2) is 58.2 Å². The maximum absolute atomic E-state index is 11.7. The summed E-state index contributed by atoms with van der Waals surface area (Å²) in [4.78, 5) is 23.4. The largest absolute Gasteiger partial charge is 0.484 e. The monoisotopic (exact) mass is 329 g/mol. The lowest BCUT2D eigenvalue weighted by atomic mass is 10.3. The standard InChI is InChI=1S/C17H19N3O4/c1-13(10-16(21)18-11-15-8-5-9-23-15)19-20-17(22)12-24-14-6-3-2-4-7-14/h2-9H,10-12H2,1H3,(H,18,21)(H,20,22). The molecule has 0 aliphatic rings. The number of nitrogens with one attached hydrogen (secondary N) is 2. The number of para-hydroxylation sites is 1. The number of furan rings is 1. The molecule has 0 atom stereocenters. The number of nitrogens with zero attached hydrogens (tertiary/aromatic N) is 1. The van der Waals surface area contributed by atoms with Crippen LogP contribution < -0.4 is 15.5 Å². The van der Waals surface area contributed by atoms with E-state index in [4.69, 9.17) is 9.15 Å². The Kier molecular flexibility index (Phi) is 6.58. The highest BCUT2D eigenvalue weighted by Crippen LogP contribution is 2.07. The van der Waals surface area contributed by atoms with Crippen LogP contribution >= 0.6 is 0 Å². The molecule has 7 heteroatoms. The van der Waals surface area contributed by atoms with Gasteiger partial charge in [0.15, 0.2) is 6.61 Å². The fourth-order valence-electron chi connectivity index (χ4n) is 1.79. The van der Waals surface area contributed by atoms with Crippen molar-refractivity contribution in [2.75, 3.05) is 6.61 Å². The van der Waals surface area contributed by atoms with Crippen molar-refractivity contribution in [1.82, 2.24) is 10.7 Å². The first-order valence-electron chi connectivity index (χ1n) is 7.42. The van der Waals surface area contributed by atoms with Crippen LogP contribution in [0.1, 0.15) is 19.1 Å². The number of rotatable bonds is 8. The summed E-state index contributed by atoms with van der Waals surface area (Å²) < 4.78 is 10.4. The Balaban J connectivity index is 1.66. The van der Waals surface area contributed by atoms with Gasteiger partial charge in [0.1, 0.15) is 11.5 Å². The van der Waals surface area contributed by atoms with E-state index in [1.807, 2.05) is 18.2 Å². The van der Waals surface area contributed by atoms with Crippen molar-refractivity contribution in [3.63, 3.8) is 0 Å². The molecule has 0 saturated heterocycles. The minimum Gasteiger partial charge on any atom is -0.484 e. The molecule has 0 spiro atoms. The summed E-state index contributed by atoms with van der Waals surface area (Å²) in [6.45, 7) is 1.83. The second-order valence-corrected chi connectivity index (χ2v) is 5.02. The van der Waals surface area contributed by atoms with Gasteiger partial charge in [-0.15, -0.1) is 0 Å². The molecule has 0 saturated carbocycles. The summed E-state index contributed by atoms with van der Waals surface area (Å²) in [6.07, 6.45) is 1.63. The molecule has 0 radical (unpaired) electrons. The Morgan fingerprint density at radius 1 is 1.12 bits per heavy atom. The molecular formula is C17H19N3O4. The van der Waals surface area contributed by atoms with E-state index in [1.54, 1.807) is 37.5 Å². The third-order valence-corrected chi connectivity index (χ3v) is 2.94. The van der Waals surface area contributed by atoms with Gasteiger partial charge in [0.25, 0.3) is 5.91 Å². The molecule has 0 aliphatic heterocycles. The Bertz CT molecular complexity index is 681. The molecular weight excluding hydrogens is 310 g/mol. The predicted octanol–water partition coefficient (Wildman–Crippen LogP) is 1.86. The van der Waals surface area contributed by atoms with Gasteiger partial charge in [0.2, 0.25) is 5.91 Å². The van der Waals surface area contributed by atoms with Gasteiger partial charge in [0.05, 0.1) is 19.2 Å². The van der Waals surface area contributed by atoms with Crippen LogP contribution in [0, 0.1) is 0 Å². The summed E-state index contributed by atoms with van der Waals surface area (Å²) in [5.74, 6) is 0.673. The third kappa shape index (κ3) is 6.35. The van der Waals surface area contributed by atoms with Crippen molar-refractivity contribution in [2.45, 2.75) is 19.9 Å². The first kappa shape index (κ1) is 17.3. The molecule has 1 aromatic carbocycles. The highest BCUT2D eigenvalue weighted by molar-refractivity contribution is 6.00. The van der Waals surface area contributed by atoms with Crippen LogP contribution in [0.2, 0.25) is 0 Å². The first-order valence-corrected chi connectivity index (χ1v) is 7.42. The van der Waals surface area contributed by atoms with Crippen molar-refractivity contribution in [1.29, 1.82) is 0 Å². The number of carbonyl (C=O) groups is 2. The zero-order valence-electron chi connectivity index (χ0n) is 13.3. The molecule has 2 aromatic rings. The molecule has 24 heavy (non-hydrogen) atoms. The second-order valence-electron chi connectivity index (χ2n) is 5.02. The van der Waals surface area contributed by atoms with Crippen molar-refractivity contribution in [3.05, 3.63) is 54.5 Å². The summed E-state index contributed by atoms with van der Waals surface area (Å²) >= 11 is 0. The van der Waals surface area contributed by atoms with Gasteiger partial charge in [-0.05, 0) is 31.2 Å². The molecule has 1 aromatic heterocycles. The summed E-state index contributed by atoms with van der Waals surface area (Å²) in [6, 6.07) is 12.5. The predicted molar refractivity (Wildman–Crippen MR) is 88.4 cm³/mol. The summed E-state index contributed by atoms with van der Waals surface area (Å²) in [7, 11) is 0. The van der Waals surface area contributed by atoms with Gasteiger partial charge >= 0.3 is 0 Å². The molecule has 0 unspecified atom stereocenters. The van der Waals surface area contributed by atoms with Gasteiger partial charge in [-0.25, -0.2) is 5.43 Å². The molecule has 126 valence electrons. The highest BCUT2D eigenvalue weighted by Gasteiger charge is 2.06. The number of hydrogen-bond acceptors (Lipinski definition) is 5. The Hall–Kier alpha value is -3.09. The molecule has 2 rings (SSSR count). The highest BCUT2D eigenvalue weighted by atomic mass is 16.5. The van der Waals surface area contributed by atoms with Crippen molar-refractivity contribution < 1.29 is 18.7 Å². The van der Waals surface area contributed by atoms with Gasteiger partial charge in [-0.2, -0.15) is 5.10 Å². The molecule has 2 N–H and O–H groups in total. The van der Waals surface area contributed by atoms with E-state index in [0.29, 0.717) is 23.8 Å². The van der Waals surface area contributed by atoms with Crippen LogP contribution in [0.5, 0.6) is 5.75 Å². The Morgan fingerprint density at radius 3 is 2.62 bits per heavy atom. The van der Waals surface area contributed by atoms with Crippen LogP contribution in [-0.2, 0) is 16.1 Å². The topological polar surface area (TPSA) is 92.9 Å². The van der Waals surface area contributed by atoms with E-state index in [-0.39, 0.29) is 18.9 Å². The zero-order chi connectivity index (χ0) is 17.2. The molecule has 2 amide bonds. The number of carbonyl (C=O) groups excluding carboxylic acids is 2. The lowest BCUT2D eigenvalue weighted by Crippen LogP contribution is -2.28. The third-order valence-electron chi connectivity index (χ3n) is 2.94. The minimum absolute atomic E-state index is 0.0839. The Labute approximate surface area is 139 Å². The minimum atomic E-state index is -0.394. The number of benzene rings is 1. The quantitative estimate of drug-likeness (QED) is 0.571. The maximum Gasteiger partial charge on any atom is 0.277 e. The molecule has 7 nitrogen and oxygen atoms in total. The second kappa shape index (κ2) is 9.14. The summed E-state index contributed by atoms with van der Waals surface area (Å²) in [5, 5.41) is 6.57. The van der Waals surface area contributed by atoms with Gasteiger partial charge in [0, 0.05) is 5.71 Å². The van der Waals surface area contributed by atoms with E-state index in [9.17, 15) is 9.59 Å². The van der Waals surface area contributed by atoms with E-state index in [1.165, 1.54) is 0 Å². The average Bonchev–Trinajstić information content (AvgIpc) is 3.11. The Morgan fingerprint density at radius 2 is 1.92 bits per heavy atom. The number of hydrazone groups is 1. The number of ether oxygens (including phenoxy) is 1. The van der Waals surface area contributed by atoms with Gasteiger partial charge < -0.3 is 14.5 Å². The molecule has 0 bridgehead atoms. The van der Waals surface area contributed by atoms with Crippen LogP contribution in [-0.4, -0.2) is 24.1 Å². The maximum atomic E-state index is 11.7.